The van der Waals surface area contributed by atoms with Gasteiger partial charge in [-0.15, -0.1) is 11.6 Å². The first-order valence-electron chi connectivity index (χ1n) is 7.99. The third-order valence-corrected chi connectivity index (χ3v) is 5.02. The van der Waals surface area contributed by atoms with E-state index in [-0.39, 0.29) is 5.88 Å². The Morgan fingerprint density at radius 1 is 0.958 bits per heavy atom. The van der Waals surface area contributed by atoms with Gasteiger partial charge in [0.15, 0.2) is 0 Å². The van der Waals surface area contributed by atoms with Gasteiger partial charge in [0.1, 0.15) is 11.5 Å². The number of benzene rings is 2. The van der Waals surface area contributed by atoms with Crippen LogP contribution < -0.4 is 9.05 Å². The molecule has 2 rings (SSSR count). The van der Waals surface area contributed by atoms with Crippen LogP contribution in [0.15, 0.2) is 60.7 Å². The fourth-order valence-corrected chi connectivity index (χ4v) is 3.79. The summed E-state index contributed by atoms with van der Waals surface area (Å²) in [5, 5.41) is 0. The lowest BCUT2D eigenvalue weighted by atomic mass is 10.2. The minimum Gasteiger partial charge on any atom is -0.395 e. The van der Waals surface area contributed by atoms with Crippen LogP contribution in [0.2, 0.25) is 0 Å². The van der Waals surface area contributed by atoms with Crippen molar-refractivity contribution in [2.45, 2.75) is 32.3 Å². The van der Waals surface area contributed by atoms with Gasteiger partial charge in [0, 0.05) is 5.88 Å². The Morgan fingerprint density at radius 3 is 1.88 bits per heavy atom. The quantitative estimate of drug-likeness (QED) is 0.377. The Labute approximate surface area is 148 Å². The summed E-state index contributed by atoms with van der Waals surface area (Å²) in [6, 6.07) is 17.7. The molecule has 0 amide bonds. The monoisotopic (exact) mass is 368 g/mol. The lowest BCUT2D eigenvalue weighted by Gasteiger charge is -2.23. The molecule has 0 fully saturated rings. The van der Waals surface area contributed by atoms with Gasteiger partial charge in [0.2, 0.25) is 0 Å². The molecular weight excluding hydrogens is 347 g/mol. The molecule has 0 aromatic heterocycles. The van der Waals surface area contributed by atoms with Crippen LogP contribution in [0.5, 0.6) is 11.5 Å². The topological polar surface area (TPSA) is 44.8 Å². The van der Waals surface area contributed by atoms with Gasteiger partial charge in [-0.25, -0.2) is 4.57 Å². The number of rotatable bonds is 10. The zero-order valence-corrected chi connectivity index (χ0v) is 15.3. The molecule has 0 bridgehead atoms. The number of unbranched alkanes of at least 4 members (excludes halogenated alkanes) is 1. The Kier molecular flexibility index (Phi) is 7.64. The summed E-state index contributed by atoms with van der Waals surface area (Å²) < 4.78 is 30.0. The second kappa shape index (κ2) is 9.73. The molecule has 2 aromatic carbocycles. The van der Waals surface area contributed by atoms with Crippen LogP contribution in [0.4, 0.5) is 0 Å². The van der Waals surface area contributed by atoms with E-state index in [0.717, 1.165) is 12.8 Å². The van der Waals surface area contributed by atoms with Gasteiger partial charge in [0.05, 0.1) is 6.10 Å². The maximum Gasteiger partial charge on any atom is 0.587 e. The number of hydrogen-bond acceptors (Lipinski definition) is 4. The van der Waals surface area contributed by atoms with E-state index in [0.29, 0.717) is 17.9 Å². The number of phosphoric ester groups is 1. The predicted molar refractivity (Wildman–Crippen MR) is 96.9 cm³/mol. The molecule has 130 valence electrons. The van der Waals surface area contributed by atoms with E-state index in [9.17, 15) is 4.57 Å². The average molecular weight is 369 g/mol. The highest BCUT2D eigenvalue weighted by atomic mass is 35.5. The van der Waals surface area contributed by atoms with E-state index in [1.807, 2.05) is 12.1 Å². The highest BCUT2D eigenvalue weighted by Gasteiger charge is 2.34. The van der Waals surface area contributed by atoms with Crippen molar-refractivity contribution in [2.75, 3.05) is 5.88 Å². The Bertz CT molecular complexity index is 590. The Hall–Kier alpha value is -1.48. The fraction of sp³-hybridized carbons (Fsp3) is 0.333. The highest BCUT2D eigenvalue weighted by Crippen LogP contribution is 2.51. The van der Waals surface area contributed by atoms with Gasteiger partial charge >= 0.3 is 7.82 Å². The normalized spacial score (nSPS) is 12.6. The number of alkyl halides is 1. The maximum atomic E-state index is 13.2. The van der Waals surface area contributed by atoms with Crippen molar-refractivity contribution in [1.29, 1.82) is 0 Å². The molecule has 0 radical (unpaired) electrons. The first kappa shape index (κ1) is 18.9. The van der Waals surface area contributed by atoms with Crippen LogP contribution in [0.1, 0.15) is 26.2 Å². The molecular formula is C18H22ClO4P. The highest BCUT2D eigenvalue weighted by molar-refractivity contribution is 7.49. The second-order valence-corrected chi connectivity index (χ2v) is 7.06. The van der Waals surface area contributed by atoms with Gasteiger partial charge in [-0.2, -0.15) is 0 Å². The van der Waals surface area contributed by atoms with E-state index in [2.05, 4.69) is 6.92 Å². The Balaban J connectivity index is 2.17. The molecule has 0 spiro atoms. The van der Waals surface area contributed by atoms with E-state index in [4.69, 9.17) is 25.2 Å². The van der Waals surface area contributed by atoms with Crippen molar-refractivity contribution in [3.05, 3.63) is 60.7 Å². The Morgan fingerprint density at radius 2 is 1.46 bits per heavy atom. The molecule has 0 saturated heterocycles. The van der Waals surface area contributed by atoms with Crippen molar-refractivity contribution < 1.29 is 18.1 Å². The molecule has 0 aliphatic heterocycles. The number of hydrogen-bond donors (Lipinski definition) is 0. The van der Waals surface area contributed by atoms with E-state index in [1.165, 1.54) is 0 Å². The standard InChI is InChI=1S/C18H22ClO4P/c1-2-3-10-18(15-19)23-24(20,21-16-11-6-4-7-12-16)22-17-13-8-5-9-14-17/h4-9,11-14,18H,2-3,10,15H2,1H3/t18-/m1/s1. The molecule has 2 aromatic rings. The van der Waals surface area contributed by atoms with Gasteiger partial charge in [0.25, 0.3) is 0 Å². The second-order valence-electron chi connectivity index (χ2n) is 5.28. The molecule has 0 heterocycles. The summed E-state index contributed by atoms with van der Waals surface area (Å²) in [6.45, 7) is 2.08. The lowest BCUT2D eigenvalue weighted by molar-refractivity contribution is 0.148. The van der Waals surface area contributed by atoms with Crippen molar-refractivity contribution in [2.24, 2.45) is 0 Å². The summed E-state index contributed by atoms with van der Waals surface area (Å²) in [4.78, 5) is 0. The zero-order chi connectivity index (χ0) is 17.3. The molecule has 0 unspecified atom stereocenters. The van der Waals surface area contributed by atoms with Crippen LogP contribution >= 0.6 is 19.4 Å². The molecule has 24 heavy (non-hydrogen) atoms. The molecule has 0 aliphatic rings. The van der Waals surface area contributed by atoms with Crippen LogP contribution in [0.3, 0.4) is 0 Å². The third kappa shape index (κ3) is 6.20. The molecule has 6 heteroatoms. The van der Waals surface area contributed by atoms with Gasteiger partial charge < -0.3 is 9.05 Å². The van der Waals surface area contributed by atoms with Crippen molar-refractivity contribution in [1.82, 2.24) is 0 Å². The van der Waals surface area contributed by atoms with Crippen molar-refractivity contribution in [3.63, 3.8) is 0 Å². The molecule has 0 aliphatic carbocycles. The zero-order valence-electron chi connectivity index (χ0n) is 13.6. The largest absolute Gasteiger partial charge is 0.587 e. The van der Waals surface area contributed by atoms with Gasteiger partial charge in [-0.3, -0.25) is 4.52 Å². The van der Waals surface area contributed by atoms with E-state index >= 15 is 0 Å². The molecule has 4 nitrogen and oxygen atoms in total. The number of halogens is 1. The van der Waals surface area contributed by atoms with Crippen LogP contribution in [-0.2, 0) is 9.09 Å². The van der Waals surface area contributed by atoms with Crippen LogP contribution in [0.25, 0.3) is 0 Å². The van der Waals surface area contributed by atoms with E-state index < -0.39 is 13.9 Å². The van der Waals surface area contributed by atoms with Crippen LogP contribution in [-0.4, -0.2) is 12.0 Å². The molecule has 1 atom stereocenters. The van der Waals surface area contributed by atoms with E-state index in [1.54, 1.807) is 48.5 Å². The minimum absolute atomic E-state index is 0.223. The number of phosphoric acid groups is 1. The predicted octanol–water partition coefficient (Wildman–Crippen LogP) is 6.07. The summed E-state index contributed by atoms with van der Waals surface area (Å²) >= 11 is 5.96. The molecule has 0 N–H and O–H groups in total. The third-order valence-electron chi connectivity index (χ3n) is 3.25. The summed E-state index contributed by atoms with van der Waals surface area (Å²) in [5.41, 5.74) is 0. The number of para-hydroxylation sites is 2. The van der Waals surface area contributed by atoms with Crippen LogP contribution in [0, 0.1) is 0 Å². The van der Waals surface area contributed by atoms with Gasteiger partial charge in [-0.05, 0) is 30.7 Å². The van der Waals surface area contributed by atoms with Gasteiger partial charge in [-0.1, -0.05) is 56.2 Å². The minimum atomic E-state index is -3.86. The maximum absolute atomic E-state index is 13.2. The van der Waals surface area contributed by atoms with Crippen molar-refractivity contribution >= 4 is 19.4 Å². The lowest BCUT2D eigenvalue weighted by Crippen LogP contribution is -2.17. The fourth-order valence-electron chi connectivity index (χ4n) is 2.05. The first-order chi connectivity index (χ1) is 11.6. The summed E-state index contributed by atoms with van der Waals surface area (Å²) in [6.07, 6.45) is 2.22. The average Bonchev–Trinajstić information content (AvgIpc) is 2.60. The summed E-state index contributed by atoms with van der Waals surface area (Å²) in [7, 11) is -3.86. The SMILES string of the molecule is CCCC[C@H](CCl)OP(=O)(Oc1ccccc1)Oc1ccccc1. The smallest absolute Gasteiger partial charge is 0.395 e. The van der Waals surface area contributed by atoms with Crippen molar-refractivity contribution in [3.8, 4) is 11.5 Å². The first-order valence-corrected chi connectivity index (χ1v) is 9.98. The summed E-state index contributed by atoms with van der Waals surface area (Å²) in [5.74, 6) is 1.06. The molecule has 0 saturated carbocycles.